The van der Waals surface area contributed by atoms with E-state index in [9.17, 15) is 35.5 Å². The maximum atomic E-state index is 12.7. The van der Waals surface area contributed by atoms with Gasteiger partial charge in [-0.3, -0.25) is 18.7 Å². The van der Waals surface area contributed by atoms with Gasteiger partial charge in [0, 0.05) is 49.3 Å². The number of carbonyl (C=O) groups is 2. The summed E-state index contributed by atoms with van der Waals surface area (Å²) in [6.07, 6.45) is 2.35. The molecule has 6 aromatic rings. The quantitative estimate of drug-likeness (QED) is 0.0351. The fourth-order valence-electron chi connectivity index (χ4n) is 5.51. The summed E-state index contributed by atoms with van der Waals surface area (Å²) in [4.78, 5) is 47.6. The van der Waals surface area contributed by atoms with Crippen LogP contribution in [0.2, 0.25) is 0 Å². The number of aliphatic carboxylic acids is 1. The van der Waals surface area contributed by atoms with Crippen molar-refractivity contribution in [3.63, 3.8) is 0 Å². The molecular weight excluding hydrogens is 859 g/mol. The summed E-state index contributed by atoms with van der Waals surface area (Å²) in [6, 6.07) is 25.7. The molecule has 22 nitrogen and oxygen atoms in total. The van der Waals surface area contributed by atoms with Crippen molar-refractivity contribution in [3.05, 3.63) is 108 Å². The van der Waals surface area contributed by atoms with Crippen LogP contribution in [0.1, 0.15) is 24.0 Å². The van der Waals surface area contributed by atoms with Crippen molar-refractivity contribution in [1.29, 1.82) is 0 Å². The minimum absolute atomic E-state index is 0.00646. The molecule has 6 rings (SSSR count). The molecule has 0 radical (unpaired) electrons. The number of carbonyl (C=O) groups excluding carboxylic acids is 1. The first-order valence-corrected chi connectivity index (χ1v) is 21.5. The number of aromatic nitrogens is 6. The summed E-state index contributed by atoms with van der Waals surface area (Å²) in [6.45, 7) is 0.174. The molecule has 0 aliphatic heterocycles. The first-order valence-electron chi connectivity index (χ1n) is 18.6. The second-order valence-corrected chi connectivity index (χ2v) is 15.8. The van der Waals surface area contributed by atoms with E-state index in [0.29, 0.717) is 11.4 Å². The highest BCUT2D eigenvalue weighted by Gasteiger charge is 2.19. The van der Waals surface area contributed by atoms with E-state index in [1.54, 1.807) is 48.5 Å². The number of para-hydroxylation sites is 2. The zero-order chi connectivity index (χ0) is 45.0. The summed E-state index contributed by atoms with van der Waals surface area (Å²) in [5, 5.41) is 29.1. The van der Waals surface area contributed by atoms with Gasteiger partial charge in [0.05, 0.1) is 6.42 Å². The Bertz CT molecular complexity index is 2860. The third kappa shape index (κ3) is 13.3. The number of nitrogens with one attached hydrogen (secondary N) is 7. The van der Waals surface area contributed by atoms with Crippen molar-refractivity contribution < 1.29 is 40.6 Å². The first kappa shape index (κ1) is 44.7. The molecule has 0 spiro atoms. The van der Waals surface area contributed by atoms with Crippen molar-refractivity contribution in [2.24, 2.45) is 0 Å². The van der Waals surface area contributed by atoms with Gasteiger partial charge in [0.25, 0.3) is 20.2 Å². The standard InChI is InChI=1S/C39H39N13O9S2/c1-40-32(53)18-20-41-34-47-36(43-26-8-4-2-5-9-26)51-38(49-34)45-28-16-14-24(30(22-28)62(56,57)58)12-13-25-15-17-29(23-31(25)63(59,60)61)46-39-50-35(42-21-19-33(54)55)48-37(52-39)44-27-10-6-3-7-11-27/h2-17,22-23H,18-21H2,1H3,(H,40,53)(H,54,55)(H,56,57,58)(H,59,60,61)(H3,41,43,45,47,49,51)(H3,42,44,46,48,50,52)/b13-12+. The summed E-state index contributed by atoms with van der Waals surface area (Å²) in [5.74, 6) is -1.10. The molecule has 0 bridgehead atoms. The largest absolute Gasteiger partial charge is 0.481 e. The second-order valence-electron chi connectivity index (χ2n) is 13.1. The number of nitrogens with zero attached hydrogens (tertiary/aromatic N) is 6. The highest BCUT2D eigenvalue weighted by atomic mass is 32.2. The first-order chi connectivity index (χ1) is 30.1. The molecule has 0 unspecified atom stereocenters. The van der Waals surface area contributed by atoms with Gasteiger partial charge in [-0.25, -0.2) is 0 Å². The molecule has 326 valence electrons. The molecule has 1 amide bonds. The van der Waals surface area contributed by atoms with Gasteiger partial charge < -0.3 is 42.3 Å². The van der Waals surface area contributed by atoms with Crippen LogP contribution >= 0.6 is 0 Å². The Balaban J connectivity index is 1.26. The zero-order valence-electron chi connectivity index (χ0n) is 33.0. The highest BCUT2D eigenvalue weighted by Crippen LogP contribution is 2.29. The Morgan fingerprint density at radius 2 is 0.889 bits per heavy atom. The molecule has 24 heteroatoms. The van der Waals surface area contributed by atoms with Crippen molar-refractivity contribution in [1.82, 2.24) is 35.2 Å². The fraction of sp³-hybridized carbons (Fsp3) is 0.128. The molecule has 2 aromatic heterocycles. The fourth-order valence-corrected chi connectivity index (χ4v) is 6.93. The number of rotatable bonds is 20. The van der Waals surface area contributed by atoms with Crippen molar-refractivity contribution >= 4 is 103 Å². The molecule has 0 fully saturated rings. The lowest BCUT2D eigenvalue weighted by molar-refractivity contribution is -0.136. The summed E-state index contributed by atoms with van der Waals surface area (Å²) in [5.41, 5.74) is 1.40. The van der Waals surface area contributed by atoms with Crippen molar-refractivity contribution in [3.8, 4) is 0 Å². The van der Waals surface area contributed by atoms with Gasteiger partial charge in [0.2, 0.25) is 41.6 Å². The molecule has 4 aromatic carbocycles. The van der Waals surface area contributed by atoms with Gasteiger partial charge in [0.15, 0.2) is 0 Å². The lowest BCUT2D eigenvalue weighted by Crippen LogP contribution is -2.21. The van der Waals surface area contributed by atoms with Crippen LogP contribution in [-0.2, 0) is 29.8 Å². The minimum Gasteiger partial charge on any atom is -0.481 e. The number of anilines is 10. The average Bonchev–Trinajstić information content (AvgIpc) is 3.23. The van der Waals surface area contributed by atoms with E-state index >= 15 is 0 Å². The van der Waals surface area contributed by atoms with E-state index in [2.05, 4.69) is 67.1 Å². The Morgan fingerprint density at radius 1 is 0.524 bits per heavy atom. The third-order valence-corrected chi connectivity index (χ3v) is 10.2. The van der Waals surface area contributed by atoms with Gasteiger partial charge in [-0.1, -0.05) is 60.7 Å². The maximum Gasteiger partial charge on any atom is 0.305 e. The molecule has 0 aliphatic carbocycles. The Morgan fingerprint density at radius 3 is 1.25 bits per heavy atom. The van der Waals surface area contributed by atoms with E-state index in [0.717, 1.165) is 12.1 Å². The van der Waals surface area contributed by atoms with Gasteiger partial charge in [0.1, 0.15) is 9.79 Å². The minimum atomic E-state index is -4.90. The van der Waals surface area contributed by atoms with E-state index in [-0.39, 0.29) is 90.0 Å². The number of amides is 1. The number of hydrogen-bond donors (Lipinski definition) is 10. The Kier molecular flexibility index (Phi) is 14.3. The molecule has 63 heavy (non-hydrogen) atoms. The normalized spacial score (nSPS) is 11.4. The lowest BCUT2D eigenvalue weighted by atomic mass is 10.1. The lowest BCUT2D eigenvalue weighted by Gasteiger charge is -2.13. The van der Waals surface area contributed by atoms with Crippen LogP contribution in [0, 0.1) is 0 Å². The number of hydrogen-bond acceptors (Lipinski definition) is 18. The predicted octanol–water partition coefficient (Wildman–Crippen LogP) is 5.13. The number of carboxylic acids is 1. The number of benzene rings is 4. The predicted molar refractivity (Wildman–Crippen MR) is 235 cm³/mol. The molecule has 0 atom stereocenters. The van der Waals surface area contributed by atoms with Crippen LogP contribution < -0.4 is 37.2 Å². The van der Waals surface area contributed by atoms with Gasteiger partial charge in [-0.15, -0.1) is 0 Å². The SMILES string of the molecule is CNC(=O)CCNc1nc(Nc2ccccc2)nc(Nc2ccc(/C=C/c3ccc(Nc4nc(NCCC(=O)O)nc(Nc5ccccc5)n4)cc3S(=O)(=O)O)c(S(=O)(=O)O)c2)n1. The van der Waals surface area contributed by atoms with Crippen LogP contribution in [0.25, 0.3) is 12.2 Å². The smallest absolute Gasteiger partial charge is 0.305 e. The third-order valence-electron chi connectivity index (χ3n) is 8.40. The second kappa shape index (κ2) is 20.2. The molecule has 0 saturated carbocycles. The molecule has 0 aliphatic rings. The van der Waals surface area contributed by atoms with Crippen LogP contribution in [0.3, 0.4) is 0 Å². The van der Waals surface area contributed by atoms with Crippen molar-refractivity contribution in [2.45, 2.75) is 22.6 Å². The molecular formula is C39H39N13O9S2. The zero-order valence-corrected chi connectivity index (χ0v) is 34.6. The Hall–Kier alpha value is -7.80. The highest BCUT2D eigenvalue weighted by molar-refractivity contribution is 7.86. The van der Waals surface area contributed by atoms with E-state index in [1.807, 2.05) is 12.1 Å². The summed E-state index contributed by atoms with van der Waals surface area (Å²) in [7, 11) is -8.28. The van der Waals surface area contributed by atoms with E-state index in [4.69, 9.17) is 5.11 Å². The molecule has 10 N–H and O–H groups in total. The van der Waals surface area contributed by atoms with Crippen LogP contribution in [-0.4, -0.2) is 93.0 Å². The molecule has 2 heterocycles. The van der Waals surface area contributed by atoms with Crippen LogP contribution in [0.15, 0.2) is 107 Å². The maximum absolute atomic E-state index is 12.7. The summed E-state index contributed by atoms with van der Waals surface area (Å²) < 4.78 is 71.1. The van der Waals surface area contributed by atoms with E-state index < -0.39 is 36.0 Å². The molecule has 0 saturated heterocycles. The Labute approximate surface area is 360 Å². The van der Waals surface area contributed by atoms with Gasteiger partial charge in [-0.2, -0.15) is 46.7 Å². The number of carboxylic acid groups (broad SMARTS) is 1. The monoisotopic (exact) mass is 897 g/mol. The van der Waals surface area contributed by atoms with Gasteiger partial charge >= 0.3 is 5.97 Å². The van der Waals surface area contributed by atoms with Crippen LogP contribution in [0.4, 0.5) is 58.4 Å². The summed E-state index contributed by atoms with van der Waals surface area (Å²) >= 11 is 0. The van der Waals surface area contributed by atoms with Crippen LogP contribution in [0.5, 0.6) is 0 Å². The average molecular weight is 898 g/mol. The topological polar surface area (TPSA) is 325 Å². The van der Waals surface area contributed by atoms with Crippen molar-refractivity contribution in [2.75, 3.05) is 52.0 Å². The van der Waals surface area contributed by atoms with Gasteiger partial charge in [-0.05, 0) is 59.7 Å². The van der Waals surface area contributed by atoms with E-state index in [1.165, 1.54) is 43.5 Å².